The Morgan fingerprint density at radius 1 is 1.30 bits per heavy atom. The van der Waals surface area contributed by atoms with Gasteiger partial charge in [-0.2, -0.15) is 0 Å². The lowest BCUT2D eigenvalue weighted by Gasteiger charge is -2.28. The van der Waals surface area contributed by atoms with Gasteiger partial charge in [0.15, 0.2) is 5.96 Å². The van der Waals surface area contributed by atoms with Crippen LogP contribution >= 0.6 is 23.2 Å². The van der Waals surface area contributed by atoms with E-state index in [4.69, 9.17) is 32.7 Å². The van der Waals surface area contributed by atoms with Crippen molar-refractivity contribution in [3.63, 3.8) is 0 Å². The molecule has 27 heavy (non-hydrogen) atoms. The third-order valence-electron chi connectivity index (χ3n) is 4.70. The van der Waals surface area contributed by atoms with E-state index in [1.165, 1.54) is 0 Å². The molecule has 1 aliphatic rings. The zero-order chi connectivity index (χ0) is 19.7. The second-order valence-corrected chi connectivity index (χ2v) is 8.31. The molecular formula is C20H31Cl2N3O2. The highest BCUT2D eigenvalue weighted by atomic mass is 35.5. The highest BCUT2D eigenvalue weighted by Gasteiger charge is 2.26. The van der Waals surface area contributed by atoms with Gasteiger partial charge in [0.2, 0.25) is 0 Å². The van der Waals surface area contributed by atoms with Crippen molar-refractivity contribution in [2.45, 2.75) is 32.1 Å². The van der Waals surface area contributed by atoms with Crippen molar-refractivity contribution in [2.24, 2.45) is 10.9 Å². The minimum absolute atomic E-state index is 0.237. The molecule has 7 heteroatoms. The molecule has 0 aromatic heterocycles. The number of ether oxygens (including phenoxy) is 2. The number of rotatable bonds is 9. The molecule has 2 N–H and O–H groups in total. The summed E-state index contributed by atoms with van der Waals surface area (Å²) in [4.78, 5) is 4.28. The van der Waals surface area contributed by atoms with Gasteiger partial charge in [-0.05, 0) is 30.5 Å². The van der Waals surface area contributed by atoms with E-state index in [1.807, 2.05) is 18.2 Å². The topological polar surface area (TPSA) is 54.9 Å². The number of aliphatic imine (C=N–C) groups is 1. The van der Waals surface area contributed by atoms with Gasteiger partial charge in [0.1, 0.15) is 0 Å². The Labute approximate surface area is 172 Å². The molecule has 1 saturated heterocycles. The molecule has 0 bridgehead atoms. The number of nitrogens with zero attached hydrogens (tertiary/aromatic N) is 1. The molecule has 1 aromatic carbocycles. The minimum Gasteiger partial charge on any atom is -0.381 e. The molecule has 5 nitrogen and oxygen atoms in total. The first kappa shape index (κ1) is 22.3. The Balaban J connectivity index is 1.70. The van der Waals surface area contributed by atoms with Crippen LogP contribution in [0.5, 0.6) is 0 Å². The Bertz CT molecular complexity index is 597. The summed E-state index contributed by atoms with van der Waals surface area (Å²) in [5, 5.41) is 8.05. The highest BCUT2D eigenvalue weighted by molar-refractivity contribution is 6.36. The molecule has 1 atom stereocenters. The van der Waals surface area contributed by atoms with Crippen LogP contribution in [0.15, 0.2) is 23.2 Å². The molecule has 1 heterocycles. The lowest BCUT2D eigenvalue weighted by molar-refractivity contribution is 0.0888. The number of nitrogens with one attached hydrogen (secondary N) is 2. The molecule has 0 saturated carbocycles. The van der Waals surface area contributed by atoms with Gasteiger partial charge in [0.25, 0.3) is 0 Å². The van der Waals surface area contributed by atoms with Crippen LogP contribution in [0.3, 0.4) is 0 Å². The maximum absolute atomic E-state index is 6.36. The van der Waals surface area contributed by atoms with Crippen LogP contribution in [-0.4, -0.2) is 52.5 Å². The molecule has 0 spiro atoms. The first-order chi connectivity index (χ1) is 12.9. The number of halogens is 2. The van der Waals surface area contributed by atoms with Crippen LogP contribution in [0, 0.1) is 5.92 Å². The van der Waals surface area contributed by atoms with Crippen LogP contribution in [0.4, 0.5) is 0 Å². The predicted octanol–water partition coefficient (Wildman–Crippen LogP) is 3.88. The average Bonchev–Trinajstić information content (AvgIpc) is 3.13. The van der Waals surface area contributed by atoms with Gasteiger partial charge in [-0.15, -0.1) is 0 Å². The average molecular weight is 416 g/mol. The van der Waals surface area contributed by atoms with Crippen molar-refractivity contribution >= 4 is 29.2 Å². The van der Waals surface area contributed by atoms with Crippen LogP contribution in [-0.2, 0) is 14.9 Å². The van der Waals surface area contributed by atoms with Gasteiger partial charge in [0.05, 0.1) is 13.2 Å². The molecule has 0 radical (unpaired) electrons. The first-order valence-electron chi connectivity index (χ1n) is 9.48. The Morgan fingerprint density at radius 2 is 2.04 bits per heavy atom. The second-order valence-electron chi connectivity index (χ2n) is 7.49. The summed E-state index contributed by atoms with van der Waals surface area (Å²) in [6, 6.07) is 5.60. The monoisotopic (exact) mass is 415 g/mol. The normalized spacial score (nSPS) is 18.0. The van der Waals surface area contributed by atoms with E-state index in [1.54, 1.807) is 7.05 Å². The van der Waals surface area contributed by atoms with Gasteiger partial charge >= 0.3 is 0 Å². The van der Waals surface area contributed by atoms with Crippen molar-refractivity contribution in [1.82, 2.24) is 10.6 Å². The fraction of sp³-hybridized carbons (Fsp3) is 0.650. The standard InChI is InChI=1S/C20H31Cl2N3O2/c1-20(2,18-16(21)6-4-7-17(18)22)14-25-19(23-3)24-9-5-10-26-12-15-8-11-27-13-15/h4,6-7,15H,5,8-14H2,1-3H3,(H2,23,24,25). The van der Waals surface area contributed by atoms with Crippen molar-refractivity contribution in [3.05, 3.63) is 33.8 Å². The molecular weight excluding hydrogens is 385 g/mol. The van der Waals surface area contributed by atoms with Gasteiger partial charge in [0, 0.05) is 54.7 Å². The minimum atomic E-state index is -0.237. The van der Waals surface area contributed by atoms with Crippen LogP contribution in [0.2, 0.25) is 10.0 Å². The van der Waals surface area contributed by atoms with E-state index in [9.17, 15) is 0 Å². The molecule has 0 aliphatic carbocycles. The SMILES string of the molecule is CN=C(NCCCOCC1CCOC1)NCC(C)(C)c1c(Cl)cccc1Cl. The molecule has 1 aromatic rings. The molecule has 1 aliphatic heterocycles. The molecule has 1 unspecified atom stereocenters. The van der Waals surface area contributed by atoms with Gasteiger partial charge < -0.3 is 20.1 Å². The van der Waals surface area contributed by atoms with Gasteiger partial charge in [-0.1, -0.05) is 43.1 Å². The first-order valence-corrected chi connectivity index (χ1v) is 10.2. The molecule has 152 valence electrons. The number of hydrogen-bond acceptors (Lipinski definition) is 3. The highest BCUT2D eigenvalue weighted by Crippen LogP contribution is 2.35. The maximum Gasteiger partial charge on any atom is 0.191 e. The molecule has 0 amide bonds. The second kappa shape index (κ2) is 11.1. The van der Waals surface area contributed by atoms with E-state index in [0.29, 0.717) is 22.5 Å². The lowest BCUT2D eigenvalue weighted by atomic mass is 9.84. The van der Waals surface area contributed by atoms with E-state index in [-0.39, 0.29) is 5.41 Å². The summed E-state index contributed by atoms with van der Waals surface area (Å²) in [5.74, 6) is 1.32. The van der Waals surface area contributed by atoms with Gasteiger partial charge in [-0.25, -0.2) is 0 Å². The van der Waals surface area contributed by atoms with Crippen molar-refractivity contribution < 1.29 is 9.47 Å². The predicted molar refractivity (Wildman–Crippen MR) is 113 cm³/mol. The summed E-state index contributed by atoms with van der Waals surface area (Å²) in [5.41, 5.74) is 0.708. The van der Waals surface area contributed by atoms with E-state index < -0.39 is 0 Å². The lowest BCUT2D eigenvalue weighted by Crippen LogP contribution is -2.44. The Kier molecular flexibility index (Phi) is 9.16. The van der Waals surface area contributed by atoms with Crippen molar-refractivity contribution in [3.8, 4) is 0 Å². The van der Waals surface area contributed by atoms with E-state index in [0.717, 1.165) is 57.3 Å². The van der Waals surface area contributed by atoms with Crippen molar-refractivity contribution in [2.75, 3.05) is 46.6 Å². The fourth-order valence-corrected chi connectivity index (χ4v) is 4.01. The Hall–Kier alpha value is -1.01. The van der Waals surface area contributed by atoms with Crippen LogP contribution < -0.4 is 10.6 Å². The Morgan fingerprint density at radius 3 is 2.67 bits per heavy atom. The zero-order valence-corrected chi connectivity index (χ0v) is 18.0. The summed E-state index contributed by atoms with van der Waals surface area (Å²) < 4.78 is 11.1. The van der Waals surface area contributed by atoms with Crippen molar-refractivity contribution in [1.29, 1.82) is 0 Å². The number of hydrogen-bond donors (Lipinski definition) is 2. The summed E-state index contributed by atoms with van der Waals surface area (Å²) >= 11 is 12.7. The number of benzene rings is 1. The smallest absolute Gasteiger partial charge is 0.191 e. The summed E-state index contributed by atoms with van der Waals surface area (Å²) in [6.45, 7) is 8.92. The quantitative estimate of drug-likeness (QED) is 0.365. The summed E-state index contributed by atoms with van der Waals surface area (Å²) in [7, 11) is 1.77. The fourth-order valence-electron chi connectivity index (χ4n) is 3.10. The molecule has 1 fully saturated rings. The van der Waals surface area contributed by atoms with Gasteiger partial charge in [-0.3, -0.25) is 4.99 Å². The van der Waals surface area contributed by atoms with Crippen LogP contribution in [0.1, 0.15) is 32.3 Å². The largest absolute Gasteiger partial charge is 0.381 e. The van der Waals surface area contributed by atoms with E-state index in [2.05, 4.69) is 29.5 Å². The molecule has 2 rings (SSSR count). The summed E-state index contributed by atoms with van der Waals surface area (Å²) in [6.07, 6.45) is 2.04. The van der Waals surface area contributed by atoms with Crippen LogP contribution in [0.25, 0.3) is 0 Å². The maximum atomic E-state index is 6.36. The van der Waals surface area contributed by atoms with E-state index >= 15 is 0 Å². The number of guanidine groups is 1. The zero-order valence-electron chi connectivity index (χ0n) is 16.5. The third kappa shape index (κ3) is 7.15. The third-order valence-corrected chi connectivity index (χ3v) is 5.33.